The number of anilines is 1. The minimum Gasteiger partial charge on any atom is -0.481 e. The lowest BCUT2D eigenvalue weighted by Gasteiger charge is -2.41. The average Bonchev–Trinajstić information content (AvgIpc) is 3.33. The average molecular weight is 311 g/mol. The second-order valence-electron chi connectivity index (χ2n) is 7.23. The molecule has 120 valence electrons. The number of hydrogen-bond donors (Lipinski definition) is 2. The Morgan fingerprint density at radius 2 is 1.74 bits per heavy atom. The van der Waals surface area contributed by atoms with Crippen LogP contribution in [0.1, 0.15) is 17.5 Å². The molecule has 23 heavy (non-hydrogen) atoms. The van der Waals surface area contributed by atoms with E-state index < -0.39 is 17.8 Å². The minimum absolute atomic E-state index is 0.0249. The van der Waals surface area contributed by atoms with Gasteiger partial charge in [-0.1, -0.05) is 24.3 Å². The number of allylic oxidation sites excluding steroid dienone is 2. The van der Waals surface area contributed by atoms with Crippen molar-refractivity contribution in [2.45, 2.75) is 20.3 Å². The molecule has 0 aromatic heterocycles. The number of nitrogens with one attached hydrogen (secondary N) is 1. The summed E-state index contributed by atoms with van der Waals surface area (Å²) in [5.74, 6) is -0.921. The van der Waals surface area contributed by atoms with Crippen LogP contribution in [0.3, 0.4) is 0 Å². The number of amides is 1. The zero-order chi connectivity index (χ0) is 16.3. The second kappa shape index (κ2) is 4.95. The van der Waals surface area contributed by atoms with Crippen LogP contribution in [0.25, 0.3) is 0 Å². The van der Waals surface area contributed by atoms with Crippen molar-refractivity contribution >= 4 is 17.6 Å². The van der Waals surface area contributed by atoms with Crippen molar-refractivity contribution in [3.63, 3.8) is 0 Å². The Morgan fingerprint density at radius 1 is 1.09 bits per heavy atom. The fourth-order valence-electron chi connectivity index (χ4n) is 4.67. The number of carbonyl (C=O) groups excluding carboxylic acids is 1. The van der Waals surface area contributed by atoms with Gasteiger partial charge in [-0.25, -0.2) is 0 Å². The van der Waals surface area contributed by atoms with Crippen molar-refractivity contribution < 1.29 is 14.7 Å². The molecule has 0 heterocycles. The van der Waals surface area contributed by atoms with Gasteiger partial charge in [-0.05, 0) is 61.1 Å². The zero-order valence-electron chi connectivity index (χ0n) is 13.3. The van der Waals surface area contributed by atoms with Gasteiger partial charge in [0.1, 0.15) is 0 Å². The highest BCUT2D eigenvalue weighted by Crippen LogP contribution is 2.63. The van der Waals surface area contributed by atoms with Gasteiger partial charge >= 0.3 is 5.97 Å². The standard InChI is InChI=1S/C19H21NO3/c1-9-4-3-5-15(10(9)2)20-18(21)16-11-6-7-12(14-8-13(11)14)17(16)19(22)23/h3-7,11-14,16-17H,8H2,1-2H3,(H,20,21)(H,22,23)/t11-,12-,13-,14-,16+,17+/m1/s1. The van der Waals surface area contributed by atoms with Gasteiger partial charge in [0, 0.05) is 5.69 Å². The van der Waals surface area contributed by atoms with Crippen LogP contribution in [0, 0.1) is 49.4 Å². The summed E-state index contributed by atoms with van der Waals surface area (Å²) in [4.78, 5) is 24.7. The molecule has 1 amide bonds. The molecule has 4 aliphatic carbocycles. The van der Waals surface area contributed by atoms with E-state index in [4.69, 9.17) is 0 Å². The molecular formula is C19H21NO3. The molecule has 4 nitrogen and oxygen atoms in total. The lowest BCUT2D eigenvalue weighted by atomic mass is 9.62. The molecule has 2 N–H and O–H groups in total. The molecular weight excluding hydrogens is 290 g/mol. The highest BCUT2D eigenvalue weighted by Gasteiger charge is 2.62. The summed E-state index contributed by atoms with van der Waals surface area (Å²) in [6, 6.07) is 5.80. The zero-order valence-corrected chi connectivity index (χ0v) is 13.3. The van der Waals surface area contributed by atoms with Crippen molar-refractivity contribution in [2.24, 2.45) is 35.5 Å². The molecule has 5 rings (SSSR count). The molecule has 2 fully saturated rings. The Bertz CT molecular complexity index is 723. The predicted molar refractivity (Wildman–Crippen MR) is 86.9 cm³/mol. The Morgan fingerprint density at radius 3 is 2.39 bits per heavy atom. The third kappa shape index (κ3) is 2.12. The lowest BCUT2D eigenvalue weighted by Crippen LogP contribution is -2.48. The number of hydrogen-bond acceptors (Lipinski definition) is 2. The van der Waals surface area contributed by atoms with Crippen LogP contribution in [0.4, 0.5) is 5.69 Å². The van der Waals surface area contributed by atoms with E-state index in [0.29, 0.717) is 11.8 Å². The van der Waals surface area contributed by atoms with Crippen molar-refractivity contribution in [2.75, 3.05) is 5.32 Å². The summed E-state index contributed by atoms with van der Waals surface area (Å²) < 4.78 is 0. The van der Waals surface area contributed by atoms with E-state index in [9.17, 15) is 14.7 Å². The van der Waals surface area contributed by atoms with Crippen molar-refractivity contribution in [3.05, 3.63) is 41.5 Å². The fraction of sp³-hybridized carbons (Fsp3) is 0.474. The van der Waals surface area contributed by atoms with E-state index in [2.05, 4.69) is 11.4 Å². The van der Waals surface area contributed by atoms with Crippen LogP contribution in [0.15, 0.2) is 30.4 Å². The number of benzene rings is 1. The van der Waals surface area contributed by atoms with Crippen LogP contribution in [-0.2, 0) is 9.59 Å². The van der Waals surface area contributed by atoms with Gasteiger partial charge in [0.2, 0.25) is 5.91 Å². The van der Waals surface area contributed by atoms with Crippen LogP contribution < -0.4 is 5.32 Å². The van der Waals surface area contributed by atoms with E-state index in [1.54, 1.807) is 0 Å². The molecule has 6 atom stereocenters. The van der Waals surface area contributed by atoms with Gasteiger partial charge in [0.05, 0.1) is 11.8 Å². The summed E-state index contributed by atoms with van der Waals surface area (Å²) in [5.41, 5.74) is 2.94. The molecule has 0 aliphatic heterocycles. The third-order valence-corrected chi connectivity index (χ3v) is 6.10. The van der Waals surface area contributed by atoms with Crippen LogP contribution in [0.2, 0.25) is 0 Å². The van der Waals surface area contributed by atoms with Crippen LogP contribution >= 0.6 is 0 Å². The maximum atomic E-state index is 12.9. The van der Waals surface area contributed by atoms with Gasteiger partial charge < -0.3 is 10.4 Å². The molecule has 0 spiro atoms. The smallest absolute Gasteiger partial charge is 0.307 e. The van der Waals surface area contributed by atoms with E-state index >= 15 is 0 Å². The summed E-state index contributed by atoms with van der Waals surface area (Å²) >= 11 is 0. The van der Waals surface area contributed by atoms with Gasteiger partial charge in [-0.15, -0.1) is 0 Å². The first kappa shape index (κ1) is 14.5. The summed E-state index contributed by atoms with van der Waals surface area (Å²) in [7, 11) is 0. The van der Waals surface area contributed by atoms with Gasteiger partial charge in [0.15, 0.2) is 0 Å². The number of rotatable bonds is 3. The van der Waals surface area contributed by atoms with E-state index in [-0.39, 0.29) is 17.7 Å². The maximum absolute atomic E-state index is 12.9. The van der Waals surface area contributed by atoms with Gasteiger partial charge in [-0.3, -0.25) is 9.59 Å². The quantitative estimate of drug-likeness (QED) is 0.843. The Balaban J connectivity index is 1.63. The summed E-state index contributed by atoms with van der Waals surface area (Å²) in [5, 5.41) is 12.7. The van der Waals surface area contributed by atoms with E-state index in [1.807, 2.05) is 38.1 Å². The van der Waals surface area contributed by atoms with Crippen molar-refractivity contribution in [1.82, 2.24) is 0 Å². The number of carboxylic acid groups (broad SMARTS) is 1. The maximum Gasteiger partial charge on any atom is 0.307 e. The fourth-order valence-corrected chi connectivity index (χ4v) is 4.67. The first-order valence-electron chi connectivity index (χ1n) is 8.27. The Hall–Kier alpha value is -2.10. The molecule has 0 saturated heterocycles. The lowest BCUT2D eigenvalue weighted by molar-refractivity contribution is -0.152. The van der Waals surface area contributed by atoms with E-state index in [0.717, 1.165) is 23.2 Å². The minimum atomic E-state index is -0.837. The number of fused-ring (bicyclic) bond motifs is 1. The Kier molecular flexibility index (Phi) is 3.12. The third-order valence-electron chi connectivity index (χ3n) is 6.10. The number of carbonyl (C=O) groups is 2. The number of aliphatic carboxylic acids is 1. The molecule has 2 bridgehead atoms. The van der Waals surface area contributed by atoms with Gasteiger partial charge in [-0.2, -0.15) is 0 Å². The number of aryl methyl sites for hydroxylation is 1. The molecule has 1 aromatic rings. The summed E-state index contributed by atoms with van der Waals surface area (Å²) in [6.45, 7) is 3.98. The van der Waals surface area contributed by atoms with Crippen molar-refractivity contribution in [1.29, 1.82) is 0 Å². The molecule has 4 aliphatic rings. The monoisotopic (exact) mass is 311 g/mol. The van der Waals surface area contributed by atoms with Crippen LogP contribution in [-0.4, -0.2) is 17.0 Å². The second-order valence-corrected chi connectivity index (χ2v) is 7.23. The van der Waals surface area contributed by atoms with Crippen LogP contribution in [0.5, 0.6) is 0 Å². The van der Waals surface area contributed by atoms with Gasteiger partial charge in [0.25, 0.3) is 0 Å². The Labute approximate surface area is 135 Å². The SMILES string of the molecule is Cc1cccc(NC(=O)[C@H]2[C@@H]3C=C[C@H]([C@H]4C[C@H]34)[C@@H]2C(=O)O)c1C. The predicted octanol–water partition coefficient (Wildman–Crippen LogP) is 3.01. The number of carboxylic acids is 1. The molecule has 2 saturated carbocycles. The highest BCUT2D eigenvalue weighted by atomic mass is 16.4. The normalized spacial score (nSPS) is 36.4. The highest BCUT2D eigenvalue weighted by molar-refractivity contribution is 5.96. The largest absolute Gasteiger partial charge is 0.481 e. The molecule has 0 radical (unpaired) electrons. The first-order chi connectivity index (χ1) is 11.0. The molecule has 4 heteroatoms. The van der Waals surface area contributed by atoms with E-state index in [1.165, 1.54) is 0 Å². The molecule has 0 unspecified atom stereocenters. The molecule has 1 aromatic carbocycles. The first-order valence-corrected chi connectivity index (χ1v) is 8.27. The summed E-state index contributed by atoms with van der Waals surface area (Å²) in [6.07, 6.45) is 5.20. The van der Waals surface area contributed by atoms with Crippen molar-refractivity contribution in [3.8, 4) is 0 Å². The topological polar surface area (TPSA) is 66.4 Å².